The highest BCUT2D eigenvalue weighted by Gasteiger charge is 2.53. The van der Waals surface area contributed by atoms with Crippen LogP contribution in [0.3, 0.4) is 0 Å². The second kappa shape index (κ2) is 6.20. The Morgan fingerprint density at radius 1 is 1.26 bits per heavy atom. The Morgan fingerprint density at radius 2 is 2.04 bits per heavy atom. The molecule has 1 aliphatic carbocycles. The Labute approximate surface area is 172 Å². The molecule has 1 saturated heterocycles. The summed E-state index contributed by atoms with van der Waals surface area (Å²) < 4.78 is 3.35. The topological polar surface area (TPSA) is 30.9 Å². The van der Waals surface area contributed by atoms with Gasteiger partial charge in [0.2, 0.25) is 5.69 Å². The fraction of sp³-hybridized carbons (Fsp3) is 0.647. The van der Waals surface area contributed by atoms with Crippen molar-refractivity contribution in [2.24, 2.45) is 0 Å². The number of anilines is 1. The van der Waals surface area contributed by atoms with Gasteiger partial charge in [0.15, 0.2) is 6.04 Å². The van der Waals surface area contributed by atoms with Crippen LogP contribution in [0.2, 0.25) is 0 Å². The van der Waals surface area contributed by atoms with Crippen molar-refractivity contribution >= 4 is 40.0 Å². The van der Waals surface area contributed by atoms with Crippen LogP contribution in [0.1, 0.15) is 55.3 Å². The molecular formula is C17H19I2N3S. The van der Waals surface area contributed by atoms with Gasteiger partial charge in [0.05, 0.1) is 9.17 Å². The van der Waals surface area contributed by atoms with Gasteiger partial charge in [-0.15, -0.1) is 0 Å². The van der Waals surface area contributed by atoms with E-state index in [2.05, 4.69) is 44.2 Å². The standard InChI is InChI=1S/C17H19IN3S.HI/c18-12-2-1-3-14-16(12)21-15-10-4-6-20(7-5-10)13(15)8-11(9-19)17(21)22-14;/h8,10,12,14,16H,1-7H2;1H/q+1;/p-1. The second-order valence-electron chi connectivity index (χ2n) is 6.97. The van der Waals surface area contributed by atoms with Crippen LogP contribution in [-0.4, -0.2) is 22.3 Å². The van der Waals surface area contributed by atoms with Gasteiger partial charge >= 0.3 is 0 Å². The highest BCUT2D eigenvalue weighted by Crippen LogP contribution is 2.50. The first kappa shape index (κ1) is 16.7. The number of rotatable bonds is 0. The molecule has 1 aromatic rings. The lowest BCUT2D eigenvalue weighted by Crippen LogP contribution is -3.00. The number of thioether (sulfide) groups is 1. The first-order chi connectivity index (χ1) is 10.8. The normalized spacial score (nSPS) is 31.0. The van der Waals surface area contributed by atoms with E-state index in [0.717, 1.165) is 11.5 Å². The Kier molecular flexibility index (Phi) is 4.50. The quantitative estimate of drug-likeness (QED) is 0.269. The van der Waals surface area contributed by atoms with Gasteiger partial charge in [0.25, 0.3) is 5.03 Å². The molecule has 3 nitrogen and oxygen atoms in total. The molecule has 0 spiro atoms. The van der Waals surface area contributed by atoms with Gasteiger partial charge in [0.1, 0.15) is 17.3 Å². The molecule has 6 rings (SSSR count). The summed E-state index contributed by atoms with van der Waals surface area (Å²) in [6.07, 6.45) is 6.58. The van der Waals surface area contributed by atoms with E-state index in [1.54, 1.807) is 5.69 Å². The third-order valence-corrected chi connectivity index (χ3v) is 8.69. The minimum Gasteiger partial charge on any atom is -1.00 e. The van der Waals surface area contributed by atoms with Crippen molar-refractivity contribution in [3.63, 3.8) is 0 Å². The van der Waals surface area contributed by atoms with E-state index in [4.69, 9.17) is 0 Å². The Morgan fingerprint density at radius 3 is 2.78 bits per heavy atom. The van der Waals surface area contributed by atoms with Crippen LogP contribution in [0.15, 0.2) is 11.1 Å². The zero-order valence-electron chi connectivity index (χ0n) is 12.8. The molecule has 5 aliphatic rings. The highest BCUT2D eigenvalue weighted by atomic mass is 127. The van der Waals surface area contributed by atoms with Gasteiger partial charge in [-0.2, -0.15) is 9.83 Å². The number of aromatic nitrogens is 1. The van der Waals surface area contributed by atoms with Crippen molar-refractivity contribution in [1.82, 2.24) is 0 Å². The summed E-state index contributed by atoms with van der Waals surface area (Å²) in [5, 5.41) is 11.6. The maximum atomic E-state index is 9.68. The van der Waals surface area contributed by atoms with Crippen LogP contribution in [0.5, 0.6) is 0 Å². The van der Waals surface area contributed by atoms with Gasteiger partial charge in [0, 0.05) is 19.0 Å². The molecule has 1 saturated carbocycles. The number of alkyl halides is 1. The smallest absolute Gasteiger partial charge is 0.259 e. The zero-order chi connectivity index (χ0) is 14.8. The molecule has 122 valence electrons. The summed E-state index contributed by atoms with van der Waals surface area (Å²) in [6.45, 7) is 2.35. The lowest BCUT2D eigenvalue weighted by molar-refractivity contribution is -0.757. The zero-order valence-corrected chi connectivity index (χ0v) is 18.0. The lowest BCUT2D eigenvalue weighted by Gasteiger charge is -2.40. The number of nitrogens with zero attached hydrogens (tertiary/aromatic N) is 3. The molecule has 0 radical (unpaired) electrons. The van der Waals surface area contributed by atoms with Gasteiger partial charge in [-0.1, -0.05) is 29.0 Å². The number of hydrogen-bond donors (Lipinski definition) is 0. The highest BCUT2D eigenvalue weighted by molar-refractivity contribution is 14.1. The Bertz CT molecular complexity index is 694. The molecule has 2 fully saturated rings. The molecule has 0 aromatic carbocycles. The number of pyridine rings is 1. The van der Waals surface area contributed by atoms with Crippen molar-refractivity contribution in [3.05, 3.63) is 17.3 Å². The molecular weight excluding hydrogens is 532 g/mol. The summed E-state index contributed by atoms with van der Waals surface area (Å²) in [5.74, 6) is 0.719. The lowest BCUT2D eigenvalue weighted by atomic mass is 9.84. The fourth-order valence-electron chi connectivity index (χ4n) is 4.87. The van der Waals surface area contributed by atoms with Crippen molar-refractivity contribution in [1.29, 1.82) is 5.26 Å². The van der Waals surface area contributed by atoms with Crippen LogP contribution < -0.4 is 33.4 Å². The molecule has 5 heterocycles. The first-order valence-electron chi connectivity index (χ1n) is 8.36. The number of nitriles is 1. The van der Waals surface area contributed by atoms with E-state index in [1.165, 1.54) is 55.9 Å². The van der Waals surface area contributed by atoms with Crippen molar-refractivity contribution in [2.45, 2.75) is 58.3 Å². The van der Waals surface area contributed by atoms with Gasteiger partial charge in [-0.25, -0.2) is 0 Å². The molecule has 23 heavy (non-hydrogen) atoms. The number of hydrogen-bond acceptors (Lipinski definition) is 3. The van der Waals surface area contributed by atoms with Gasteiger partial charge < -0.3 is 28.9 Å². The van der Waals surface area contributed by atoms with E-state index in [0.29, 0.717) is 15.2 Å². The SMILES string of the molecule is N#Cc1cc2c([n+]3c1SC1CCCC(I)C13)C1CCN2CC1.[I-]. The third kappa shape index (κ3) is 2.35. The first-order valence-corrected chi connectivity index (χ1v) is 10.5. The summed E-state index contributed by atoms with van der Waals surface area (Å²) in [4.78, 5) is 2.52. The third-order valence-electron chi connectivity index (χ3n) is 5.88. The van der Waals surface area contributed by atoms with Crippen LogP contribution in [-0.2, 0) is 0 Å². The summed E-state index contributed by atoms with van der Waals surface area (Å²) >= 11 is 4.66. The second-order valence-corrected chi connectivity index (χ2v) is 9.80. The predicted octanol–water partition coefficient (Wildman–Crippen LogP) is 0.550. The minimum atomic E-state index is 0. The maximum Gasteiger partial charge on any atom is 0.259 e. The average molecular weight is 551 g/mol. The van der Waals surface area contributed by atoms with Gasteiger partial charge in [-0.3, -0.25) is 0 Å². The van der Waals surface area contributed by atoms with Crippen molar-refractivity contribution in [3.8, 4) is 6.07 Å². The van der Waals surface area contributed by atoms with E-state index in [1.807, 2.05) is 11.8 Å². The number of piperidine rings is 1. The molecule has 4 aliphatic heterocycles. The number of fused-ring (bicyclic) bond motifs is 5. The average Bonchev–Trinajstić information content (AvgIpc) is 2.96. The Balaban J connectivity index is 0.00000135. The minimum absolute atomic E-state index is 0. The van der Waals surface area contributed by atoms with Crippen molar-refractivity contribution < 1.29 is 28.5 Å². The van der Waals surface area contributed by atoms with E-state index in [9.17, 15) is 5.26 Å². The molecule has 6 heteroatoms. The molecule has 2 bridgehead atoms. The molecule has 3 atom stereocenters. The predicted molar refractivity (Wildman–Crippen MR) is 95.9 cm³/mol. The molecule has 0 N–H and O–H groups in total. The number of halogens is 2. The monoisotopic (exact) mass is 551 g/mol. The largest absolute Gasteiger partial charge is 1.00 e. The Hall–Kier alpha value is 0.250. The van der Waals surface area contributed by atoms with Crippen LogP contribution >= 0.6 is 34.4 Å². The molecule has 0 amide bonds. The van der Waals surface area contributed by atoms with E-state index >= 15 is 0 Å². The van der Waals surface area contributed by atoms with Gasteiger partial charge in [-0.05, 0) is 43.5 Å². The van der Waals surface area contributed by atoms with E-state index < -0.39 is 0 Å². The summed E-state index contributed by atoms with van der Waals surface area (Å²) in [7, 11) is 0. The molecule has 1 aromatic heterocycles. The van der Waals surface area contributed by atoms with Crippen LogP contribution in [0.4, 0.5) is 5.69 Å². The van der Waals surface area contributed by atoms with Crippen LogP contribution in [0.25, 0.3) is 0 Å². The summed E-state index contributed by atoms with van der Waals surface area (Å²) in [5.41, 5.74) is 3.85. The summed E-state index contributed by atoms with van der Waals surface area (Å²) in [6, 6.07) is 5.29. The van der Waals surface area contributed by atoms with Crippen molar-refractivity contribution in [2.75, 3.05) is 18.0 Å². The molecule has 3 unspecified atom stereocenters. The van der Waals surface area contributed by atoms with E-state index in [-0.39, 0.29) is 24.0 Å². The maximum absolute atomic E-state index is 9.68. The fourth-order valence-corrected chi connectivity index (χ4v) is 8.01. The van der Waals surface area contributed by atoms with Crippen LogP contribution in [0, 0.1) is 11.3 Å².